The van der Waals surface area contributed by atoms with E-state index in [9.17, 15) is 4.79 Å². The molecule has 0 aliphatic heterocycles. The number of amides is 1. The molecule has 5 nitrogen and oxygen atoms in total. The predicted octanol–water partition coefficient (Wildman–Crippen LogP) is 2.07. The number of nitrogens with zero attached hydrogens (tertiary/aromatic N) is 2. The molecule has 0 saturated carbocycles. The Morgan fingerprint density at radius 1 is 1.20 bits per heavy atom. The predicted molar refractivity (Wildman–Crippen MR) is 78.7 cm³/mol. The molecule has 0 unspecified atom stereocenters. The quantitative estimate of drug-likeness (QED) is 0.892. The van der Waals surface area contributed by atoms with Crippen molar-refractivity contribution in [3.8, 4) is 0 Å². The van der Waals surface area contributed by atoms with Gasteiger partial charge in [-0.15, -0.1) is 0 Å². The summed E-state index contributed by atoms with van der Waals surface area (Å²) in [4.78, 5) is 20.4. The van der Waals surface area contributed by atoms with Gasteiger partial charge in [0.05, 0.1) is 24.1 Å². The summed E-state index contributed by atoms with van der Waals surface area (Å²) in [5.74, 6) is -0.113. The van der Waals surface area contributed by atoms with Gasteiger partial charge in [0, 0.05) is 24.5 Å². The van der Waals surface area contributed by atoms with Crippen LogP contribution >= 0.6 is 0 Å². The van der Waals surface area contributed by atoms with E-state index >= 15 is 0 Å². The molecule has 104 valence electrons. The largest absolute Gasteiger partial charge is 0.388 e. The topological polar surface area (TPSA) is 66.9 Å². The van der Waals surface area contributed by atoms with Crippen LogP contribution < -0.4 is 10.6 Å². The van der Waals surface area contributed by atoms with Crippen molar-refractivity contribution in [3.05, 3.63) is 53.1 Å². The fraction of sp³-hybridized carbons (Fsp3) is 0.267. The van der Waals surface area contributed by atoms with Gasteiger partial charge in [-0.3, -0.25) is 14.8 Å². The lowest BCUT2D eigenvalue weighted by Crippen LogP contribution is -2.23. The molecule has 0 aliphatic rings. The fourth-order valence-electron chi connectivity index (χ4n) is 1.87. The highest BCUT2D eigenvalue weighted by atomic mass is 16.1. The molecular weight excluding hydrogens is 252 g/mol. The Labute approximate surface area is 118 Å². The summed E-state index contributed by atoms with van der Waals surface area (Å²) in [5, 5.41) is 5.91. The van der Waals surface area contributed by atoms with E-state index in [2.05, 4.69) is 20.6 Å². The Morgan fingerprint density at radius 2 is 2.00 bits per heavy atom. The first-order chi connectivity index (χ1) is 9.60. The maximum absolute atomic E-state index is 12.1. The van der Waals surface area contributed by atoms with Crippen molar-refractivity contribution in [2.75, 3.05) is 12.4 Å². The molecule has 0 radical (unpaired) electrons. The lowest BCUT2D eigenvalue weighted by atomic mass is 10.1. The molecule has 2 aromatic rings. The number of carbonyl (C=O) groups is 1. The SMILES string of the molecule is CNc1ccc(C(=O)NCc2cnc(C)cn2)cc1C. The number of carbonyl (C=O) groups excluding carboxylic acids is 1. The van der Waals surface area contributed by atoms with Crippen LogP contribution in [0.2, 0.25) is 0 Å². The minimum atomic E-state index is -0.113. The summed E-state index contributed by atoms with van der Waals surface area (Å²) in [6, 6.07) is 5.56. The van der Waals surface area contributed by atoms with Gasteiger partial charge in [-0.05, 0) is 37.6 Å². The molecule has 0 fully saturated rings. The molecule has 0 bridgehead atoms. The standard InChI is InChI=1S/C15H18N4O/c1-10-6-12(4-5-14(10)16-3)15(20)19-9-13-8-17-11(2)7-18-13/h4-8,16H,9H2,1-3H3,(H,19,20). The minimum absolute atomic E-state index is 0.113. The zero-order valence-electron chi connectivity index (χ0n) is 11.9. The molecular formula is C15H18N4O. The molecule has 0 spiro atoms. The van der Waals surface area contributed by atoms with E-state index < -0.39 is 0 Å². The molecule has 1 heterocycles. The van der Waals surface area contributed by atoms with Crippen LogP contribution in [0.25, 0.3) is 0 Å². The summed E-state index contributed by atoms with van der Waals surface area (Å²) in [7, 11) is 1.86. The van der Waals surface area contributed by atoms with E-state index in [0.717, 1.165) is 22.6 Å². The average molecular weight is 270 g/mol. The Balaban J connectivity index is 2.01. The first kappa shape index (κ1) is 14.0. The number of hydrogen-bond donors (Lipinski definition) is 2. The van der Waals surface area contributed by atoms with Gasteiger partial charge in [0.25, 0.3) is 5.91 Å². The summed E-state index contributed by atoms with van der Waals surface area (Å²) in [6.07, 6.45) is 3.36. The van der Waals surface area contributed by atoms with Gasteiger partial charge in [0.2, 0.25) is 0 Å². The number of anilines is 1. The first-order valence-corrected chi connectivity index (χ1v) is 6.44. The highest BCUT2D eigenvalue weighted by Gasteiger charge is 2.07. The first-order valence-electron chi connectivity index (χ1n) is 6.44. The molecule has 0 aliphatic carbocycles. The minimum Gasteiger partial charge on any atom is -0.388 e. The van der Waals surface area contributed by atoms with Crippen molar-refractivity contribution >= 4 is 11.6 Å². The van der Waals surface area contributed by atoms with E-state index in [0.29, 0.717) is 12.1 Å². The highest BCUT2D eigenvalue weighted by Crippen LogP contribution is 2.15. The molecule has 1 aromatic heterocycles. The van der Waals surface area contributed by atoms with Gasteiger partial charge >= 0.3 is 0 Å². The third kappa shape index (κ3) is 3.32. The van der Waals surface area contributed by atoms with Gasteiger partial charge in [-0.25, -0.2) is 0 Å². The number of aromatic nitrogens is 2. The summed E-state index contributed by atoms with van der Waals surface area (Å²) >= 11 is 0. The second-order valence-corrected chi connectivity index (χ2v) is 4.61. The number of benzene rings is 1. The molecule has 20 heavy (non-hydrogen) atoms. The highest BCUT2D eigenvalue weighted by molar-refractivity contribution is 5.94. The zero-order valence-corrected chi connectivity index (χ0v) is 11.9. The molecule has 5 heteroatoms. The molecule has 2 rings (SSSR count). The molecule has 2 N–H and O–H groups in total. The van der Waals surface area contributed by atoms with Gasteiger partial charge < -0.3 is 10.6 Å². The third-order valence-electron chi connectivity index (χ3n) is 3.02. The Hall–Kier alpha value is -2.43. The van der Waals surface area contributed by atoms with E-state index in [1.165, 1.54) is 0 Å². The Morgan fingerprint density at radius 3 is 2.60 bits per heavy atom. The van der Waals surface area contributed by atoms with Crippen LogP contribution in [0.15, 0.2) is 30.6 Å². The van der Waals surface area contributed by atoms with Crippen molar-refractivity contribution in [2.24, 2.45) is 0 Å². The van der Waals surface area contributed by atoms with Crippen LogP contribution in [0.1, 0.15) is 27.3 Å². The summed E-state index contributed by atoms with van der Waals surface area (Å²) in [5.41, 5.74) is 4.30. The fourth-order valence-corrected chi connectivity index (χ4v) is 1.87. The second-order valence-electron chi connectivity index (χ2n) is 4.61. The van der Waals surface area contributed by atoms with E-state index in [1.807, 2.05) is 33.0 Å². The van der Waals surface area contributed by atoms with Gasteiger partial charge in [0.1, 0.15) is 0 Å². The van der Waals surface area contributed by atoms with Gasteiger partial charge in [0.15, 0.2) is 0 Å². The van der Waals surface area contributed by atoms with Crippen molar-refractivity contribution in [2.45, 2.75) is 20.4 Å². The monoisotopic (exact) mass is 270 g/mol. The van der Waals surface area contributed by atoms with Gasteiger partial charge in [-0.1, -0.05) is 0 Å². The van der Waals surface area contributed by atoms with Gasteiger partial charge in [-0.2, -0.15) is 0 Å². The Bertz CT molecular complexity index is 608. The number of rotatable bonds is 4. The lowest BCUT2D eigenvalue weighted by Gasteiger charge is -2.08. The lowest BCUT2D eigenvalue weighted by molar-refractivity contribution is 0.0950. The second kappa shape index (κ2) is 6.14. The van der Waals surface area contributed by atoms with Crippen LogP contribution in [0, 0.1) is 13.8 Å². The van der Waals surface area contributed by atoms with Crippen LogP contribution in [0.5, 0.6) is 0 Å². The van der Waals surface area contributed by atoms with Crippen molar-refractivity contribution < 1.29 is 4.79 Å². The maximum atomic E-state index is 12.1. The summed E-state index contributed by atoms with van der Waals surface area (Å²) < 4.78 is 0. The summed E-state index contributed by atoms with van der Waals surface area (Å²) in [6.45, 7) is 4.22. The van der Waals surface area contributed by atoms with E-state index in [4.69, 9.17) is 0 Å². The van der Waals surface area contributed by atoms with E-state index in [-0.39, 0.29) is 5.91 Å². The maximum Gasteiger partial charge on any atom is 0.251 e. The molecule has 1 aromatic carbocycles. The number of hydrogen-bond acceptors (Lipinski definition) is 4. The normalized spacial score (nSPS) is 10.2. The number of nitrogens with one attached hydrogen (secondary N) is 2. The van der Waals surface area contributed by atoms with Crippen molar-refractivity contribution in [1.82, 2.24) is 15.3 Å². The molecule has 0 saturated heterocycles. The van der Waals surface area contributed by atoms with Crippen LogP contribution in [-0.2, 0) is 6.54 Å². The molecule has 1 amide bonds. The third-order valence-corrected chi connectivity index (χ3v) is 3.02. The smallest absolute Gasteiger partial charge is 0.251 e. The van der Waals surface area contributed by atoms with Crippen molar-refractivity contribution in [1.29, 1.82) is 0 Å². The zero-order chi connectivity index (χ0) is 14.5. The number of aryl methyl sites for hydroxylation is 2. The Kier molecular flexibility index (Phi) is 4.30. The van der Waals surface area contributed by atoms with Crippen LogP contribution in [0.4, 0.5) is 5.69 Å². The van der Waals surface area contributed by atoms with E-state index in [1.54, 1.807) is 18.5 Å². The van der Waals surface area contributed by atoms with Crippen molar-refractivity contribution in [3.63, 3.8) is 0 Å². The average Bonchev–Trinajstić information content (AvgIpc) is 2.46. The molecule has 0 atom stereocenters. The van der Waals surface area contributed by atoms with Crippen LogP contribution in [-0.4, -0.2) is 22.9 Å². The van der Waals surface area contributed by atoms with Crippen LogP contribution in [0.3, 0.4) is 0 Å².